The summed E-state index contributed by atoms with van der Waals surface area (Å²) in [4.78, 5) is 4.59. The number of aliphatic imine (C=N–C) groups is 1. The van der Waals surface area contributed by atoms with Crippen LogP contribution < -0.4 is 4.74 Å². The van der Waals surface area contributed by atoms with Gasteiger partial charge in [-0.25, -0.2) is 4.99 Å². The average Bonchev–Trinajstić information content (AvgIpc) is 2.74. The lowest BCUT2D eigenvalue weighted by Crippen LogP contribution is -2.39. The summed E-state index contributed by atoms with van der Waals surface area (Å²) in [7, 11) is 0. The summed E-state index contributed by atoms with van der Waals surface area (Å²) in [6.45, 7) is 8.16. The second-order valence-corrected chi connectivity index (χ2v) is 6.22. The quantitative estimate of drug-likeness (QED) is 0.830. The van der Waals surface area contributed by atoms with Crippen LogP contribution in [0.2, 0.25) is 0 Å². The minimum atomic E-state index is -0.550. The summed E-state index contributed by atoms with van der Waals surface area (Å²) in [5.41, 5.74) is -0.550. The Morgan fingerprint density at radius 1 is 1.32 bits per heavy atom. The average molecular weight is 326 g/mol. The van der Waals surface area contributed by atoms with Gasteiger partial charge in [0.05, 0.1) is 6.04 Å². The third kappa shape index (κ3) is 3.30. The first-order valence-electron chi connectivity index (χ1n) is 6.62. The number of rotatable bonds is 4. The van der Waals surface area contributed by atoms with Crippen LogP contribution in [0.15, 0.2) is 33.7 Å². The van der Waals surface area contributed by atoms with Crippen molar-refractivity contribution in [2.24, 2.45) is 4.99 Å². The van der Waals surface area contributed by atoms with Crippen molar-refractivity contribution in [2.45, 2.75) is 51.9 Å². The molecule has 3 nitrogen and oxygen atoms in total. The summed E-state index contributed by atoms with van der Waals surface area (Å²) in [5.74, 6) is 1.50. The monoisotopic (exact) mass is 325 g/mol. The second kappa shape index (κ2) is 5.53. The molecule has 0 bridgehead atoms. The van der Waals surface area contributed by atoms with E-state index >= 15 is 0 Å². The normalized spacial score (nSPS) is 22.9. The highest BCUT2D eigenvalue weighted by molar-refractivity contribution is 9.10. The van der Waals surface area contributed by atoms with Crippen molar-refractivity contribution in [1.29, 1.82) is 0 Å². The summed E-state index contributed by atoms with van der Waals surface area (Å²) < 4.78 is 12.9. The Balaban J connectivity index is 2.10. The van der Waals surface area contributed by atoms with Gasteiger partial charge in [-0.2, -0.15) is 0 Å². The molecule has 2 rings (SSSR count). The van der Waals surface area contributed by atoms with Crippen LogP contribution in [0, 0.1) is 0 Å². The maximum Gasteiger partial charge on any atom is 0.229 e. The Morgan fingerprint density at radius 2 is 1.95 bits per heavy atom. The number of halogens is 1. The molecule has 0 N–H and O–H groups in total. The van der Waals surface area contributed by atoms with Crippen LogP contribution in [0.3, 0.4) is 0 Å². The van der Waals surface area contributed by atoms with Gasteiger partial charge in [-0.15, -0.1) is 0 Å². The molecule has 0 saturated heterocycles. The molecule has 1 aromatic rings. The van der Waals surface area contributed by atoms with Gasteiger partial charge in [0.25, 0.3) is 0 Å². The molecule has 4 heteroatoms. The van der Waals surface area contributed by atoms with Crippen LogP contribution in [-0.4, -0.2) is 23.6 Å². The van der Waals surface area contributed by atoms with E-state index in [1.54, 1.807) is 0 Å². The van der Waals surface area contributed by atoms with Gasteiger partial charge < -0.3 is 9.47 Å². The number of hydrogen-bond acceptors (Lipinski definition) is 3. The molecule has 1 heterocycles. The molecular weight excluding hydrogens is 306 g/mol. The Labute approximate surface area is 123 Å². The first-order valence-corrected chi connectivity index (χ1v) is 7.41. The predicted octanol–water partition coefficient (Wildman–Crippen LogP) is 4.20. The molecule has 0 aliphatic carbocycles. The lowest BCUT2D eigenvalue weighted by molar-refractivity contribution is 0.116. The molecule has 0 saturated carbocycles. The molecule has 2 unspecified atom stereocenters. The van der Waals surface area contributed by atoms with Gasteiger partial charge in [-0.3, -0.25) is 0 Å². The number of benzene rings is 1. The standard InChI is InChI=1S/C15H20BrNO2/c1-5-13-10(2)17-14(18-13)15(3,4)19-12-8-6-11(16)7-9-12/h6-10,13H,5H2,1-4H3. The van der Waals surface area contributed by atoms with Crippen LogP contribution in [0.1, 0.15) is 34.1 Å². The molecule has 0 aromatic heterocycles. The zero-order chi connectivity index (χ0) is 14.0. The Kier molecular flexibility index (Phi) is 4.19. The van der Waals surface area contributed by atoms with E-state index in [2.05, 4.69) is 34.8 Å². The Morgan fingerprint density at radius 3 is 2.47 bits per heavy atom. The molecule has 1 aromatic carbocycles. The van der Waals surface area contributed by atoms with Crippen LogP contribution >= 0.6 is 15.9 Å². The van der Waals surface area contributed by atoms with Gasteiger partial charge >= 0.3 is 0 Å². The van der Waals surface area contributed by atoms with Crippen LogP contribution in [0.5, 0.6) is 5.75 Å². The number of nitrogens with zero attached hydrogens (tertiary/aromatic N) is 1. The van der Waals surface area contributed by atoms with Gasteiger partial charge in [0.1, 0.15) is 11.9 Å². The van der Waals surface area contributed by atoms with Gasteiger partial charge in [0.15, 0.2) is 5.60 Å². The molecule has 0 spiro atoms. The summed E-state index contributed by atoms with van der Waals surface area (Å²) >= 11 is 3.41. The first kappa shape index (κ1) is 14.4. The van der Waals surface area contributed by atoms with E-state index in [-0.39, 0.29) is 12.1 Å². The molecule has 19 heavy (non-hydrogen) atoms. The molecule has 0 fully saturated rings. The maximum atomic E-state index is 6.01. The molecule has 104 valence electrons. The highest BCUT2D eigenvalue weighted by Gasteiger charge is 2.37. The molecule has 0 amide bonds. The van der Waals surface area contributed by atoms with Crippen molar-refractivity contribution in [2.75, 3.05) is 0 Å². The molecular formula is C15H20BrNO2. The predicted molar refractivity (Wildman–Crippen MR) is 80.9 cm³/mol. The van der Waals surface area contributed by atoms with Gasteiger partial charge in [-0.05, 0) is 51.5 Å². The van der Waals surface area contributed by atoms with E-state index in [9.17, 15) is 0 Å². The second-order valence-electron chi connectivity index (χ2n) is 5.31. The molecule has 2 atom stereocenters. The van der Waals surface area contributed by atoms with Gasteiger partial charge in [0.2, 0.25) is 5.90 Å². The minimum Gasteiger partial charge on any atom is -0.478 e. The van der Waals surface area contributed by atoms with Crippen molar-refractivity contribution in [3.05, 3.63) is 28.7 Å². The summed E-state index contributed by atoms with van der Waals surface area (Å²) in [5, 5.41) is 0. The van der Waals surface area contributed by atoms with Crippen molar-refractivity contribution in [1.82, 2.24) is 0 Å². The fourth-order valence-electron chi connectivity index (χ4n) is 2.10. The Hall–Kier alpha value is -1.03. The third-order valence-corrected chi connectivity index (χ3v) is 3.75. The number of ether oxygens (including phenoxy) is 2. The van der Waals surface area contributed by atoms with Gasteiger partial charge in [0, 0.05) is 4.47 Å². The van der Waals surface area contributed by atoms with Crippen LogP contribution in [-0.2, 0) is 4.74 Å². The zero-order valence-electron chi connectivity index (χ0n) is 11.8. The van der Waals surface area contributed by atoms with Crippen LogP contribution in [0.25, 0.3) is 0 Å². The molecule has 1 aliphatic heterocycles. The van der Waals surface area contributed by atoms with E-state index in [0.29, 0.717) is 5.90 Å². The zero-order valence-corrected chi connectivity index (χ0v) is 13.4. The fourth-order valence-corrected chi connectivity index (χ4v) is 2.37. The lowest BCUT2D eigenvalue weighted by Gasteiger charge is -2.26. The van der Waals surface area contributed by atoms with E-state index in [4.69, 9.17) is 9.47 Å². The first-order chi connectivity index (χ1) is 8.92. The van der Waals surface area contributed by atoms with Crippen molar-refractivity contribution < 1.29 is 9.47 Å². The van der Waals surface area contributed by atoms with E-state index in [0.717, 1.165) is 16.6 Å². The fraction of sp³-hybridized carbons (Fsp3) is 0.533. The van der Waals surface area contributed by atoms with E-state index in [1.165, 1.54) is 0 Å². The van der Waals surface area contributed by atoms with Crippen molar-refractivity contribution >= 4 is 21.8 Å². The van der Waals surface area contributed by atoms with Crippen molar-refractivity contribution in [3.8, 4) is 5.75 Å². The van der Waals surface area contributed by atoms with Crippen LogP contribution in [0.4, 0.5) is 0 Å². The van der Waals surface area contributed by atoms with Crippen molar-refractivity contribution in [3.63, 3.8) is 0 Å². The van der Waals surface area contributed by atoms with E-state index < -0.39 is 5.60 Å². The topological polar surface area (TPSA) is 30.8 Å². The largest absolute Gasteiger partial charge is 0.478 e. The Bertz CT molecular complexity index is 468. The minimum absolute atomic E-state index is 0.169. The highest BCUT2D eigenvalue weighted by atomic mass is 79.9. The van der Waals surface area contributed by atoms with Gasteiger partial charge in [-0.1, -0.05) is 22.9 Å². The summed E-state index contributed by atoms with van der Waals surface area (Å²) in [6, 6.07) is 7.98. The smallest absolute Gasteiger partial charge is 0.229 e. The van der Waals surface area contributed by atoms with E-state index in [1.807, 2.05) is 38.1 Å². The summed E-state index contributed by atoms with van der Waals surface area (Å²) in [6.07, 6.45) is 1.13. The molecule has 1 aliphatic rings. The number of hydrogen-bond donors (Lipinski definition) is 0. The lowest BCUT2D eigenvalue weighted by atomic mass is 10.1. The molecule has 0 radical (unpaired) electrons. The SMILES string of the molecule is CCC1OC(C(C)(C)Oc2ccc(Br)cc2)=NC1C. The third-order valence-electron chi connectivity index (χ3n) is 3.23. The highest BCUT2D eigenvalue weighted by Crippen LogP contribution is 2.27. The maximum absolute atomic E-state index is 6.01.